The summed E-state index contributed by atoms with van der Waals surface area (Å²) in [7, 11) is 0. The molecule has 0 saturated heterocycles. The lowest BCUT2D eigenvalue weighted by atomic mass is 10.3. The molecule has 0 aliphatic heterocycles. The zero-order valence-electron chi connectivity index (χ0n) is 8.10. The number of imidazole rings is 1. The highest BCUT2D eigenvalue weighted by Gasteiger charge is 2.01. The van der Waals surface area contributed by atoms with E-state index in [1.165, 1.54) is 9.75 Å². The molecule has 0 aliphatic rings. The van der Waals surface area contributed by atoms with Gasteiger partial charge in [0.1, 0.15) is 0 Å². The van der Waals surface area contributed by atoms with Gasteiger partial charge in [-0.05, 0) is 18.6 Å². The van der Waals surface area contributed by atoms with E-state index in [4.69, 9.17) is 5.73 Å². The summed E-state index contributed by atoms with van der Waals surface area (Å²) in [5.74, 6) is 0.580. The SMILES string of the molecule is CCc1ccc(Cn2ccnc2N)s1. The first-order valence-electron chi connectivity index (χ1n) is 4.63. The Kier molecular flexibility index (Phi) is 2.54. The third-order valence-electron chi connectivity index (χ3n) is 2.14. The number of rotatable bonds is 3. The first kappa shape index (κ1) is 9.27. The van der Waals surface area contributed by atoms with Crippen LogP contribution in [0.3, 0.4) is 0 Å². The molecule has 0 bridgehead atoms. The summed E-state index contributed by atoms with van der Waals surface area (Å²) in [6.07, 6.45) is 4.73. The molecule has 0 saturated carbocycles. The van der Waals surface area contributed by atoms with Crippen molar-refractivity contribution in [2.24, 2.45) is 0 Å². The predicted molar refractivity (Wildman–Crippen MR) is 59.4 cm³/mol. The number of anilines is 1. The second-order valence-electron chi connectivity index (χ2n) is 3.13. The first-order valence-corrected chi connectivity index (χ1v) is 5.45. The molecule has 2 heterocycles. The van der Waals surface area contributed by atoms with Crippen LogP contribution in [0, 0.1) is 0 Å². The van der Waals surface area contributed by atoms with Crippen molar-refractivity contribution >= 4 is 17.3 Å². The second-order valence-corrected chi connectivity index (χ2v) is 4.39. The number of nitrogens with two attached hydrogens (primary N) is 1. The summed E-state index contributed by atoms with van der Waals surface area (Å²) in [6.45, 7) is 3.00. The minimum Gasteiger partial charge on any atom is -0.369 e. The van der Waals surface area contributed by atoms with Gasteiger partial charge in [-0.2, -0.15) is 0 Å². The number of thiophene rings is 1. The van der Waals surface area contributed by atoms with Crippen molar-refractivity contribution in [2.75, 3.05) is 5.73 Å². The van der Waals surface area contributed by atoms with Gasteiger partial charge < -0.3 is 10.3 Å². The molecule has 0 amide bonds. The van der Waals surface area contributed by atoms with Crippen LogP contribution in [0.4, 0.5) is 5.95 Å². The van der Waals surface area contributed by atoms with E-state index in [1.54, 1.807) is 6.20 Å². The maximum atomic E-state index is 5.68. The Balaban J connectivity index is 2.15. The van der Waals surface area contributed by atoms with E-state index in [1.807, 2.05) is 22.1 Å². The molecule has 0 radical (unpaired) electrons. The van der Waals surface area contributed by atoms with Gasteiger partial charge in [0.25, 0.3) is 0 Å². The molecule has 4 heteroatoms. The summed E-state index contributed by atoms with van der Waals surface area (Å²) in [5.41, 5.74) is 5.68. The zero-order chi connectivity index (χ0) is 9.97. The van der Waals surface area contributed by atoms with E-state index in [0.29, 0.717) is 5.95 Å². The molecule has 74 valence electrons. The number of nitrogen functional groups attached to an aromatic ring is 1. The summed E-state index contributed by atoms with van der Waals surface area (Å²) >= 11 is 1.84. The fraction of sp³-hybridized carbons (Fsp3) is 0.300. The highest BCUT2D eigenvalue weighted by Crippen LogP contribution is 2.18. The number of aryl methyl sites for hydroxylation is 1. The number of nitrogens with zero attached hydrogens (tertiary/aromatic N) is 2. The smallest absolute Gasteiger partial charge is 0.200 e. The van der Waals surface area contributed by atoms with Crippen molar-refractivity contribution in [1.82, 2.24) is 9.55 Å². The number of hydrogen-bond donors (Lipinski definition) is 1. The van der Waals surface area contributed by atoms with E-state index in [-0.39, 0.29) is 0 Å². The van der Waals surface area contributed by atoms with Gasteiger partial charge >= 0.3 is 0 Å². The molecule has 14 heavy (non-hydrogen) atoms. The Morgan fingerprint density at radius 1 is 1.43 bits per heavy atom. The Morgan fingerprint density at radius 2 is 2.21 bits per heavy atom. The van der Waals surface area contributed by atoms with Crippen molar-refractivity contribution in [3.05, 3.63) is 34.3 Å². The fourth-order valence-corrected chi connectivity index (χ4v) is 2.30. The highest BCUT2D eigenvalue weighted by molar-refractivity contribution is 7.11. The van der Waals surface area contributed by atoms with Gasteiger partial charge in [0, 0.05) is 22.1 Å². The van der Waals surface area contributed by atoms with Gasteiger partial charge in [-0.1, -0.05) is 6.92 Å². The van der Waals surface area contributed by atoms with Gasteiger partial charge in [0.2, 0.25) is 0 Å². The third-order valence-corrected chi connectivity index (χ3v) is 3.35. The Bertz CT molecular complexity index is 416. The maximum Gasteiger partial charge on any atom is 0.200 e. The second kappa shape index (κ2) is 3.84. The van der Waals surface area contributed by atoms with Crippen molar-refractivity contribution in [3.63, 3.8) is 0 Å². The molecule has 2 rings (SSSR count). The van der Waals surface area contributed by atoms with Gasteiger partial charge in [0.05, 0.1) is 6.54 Å². The van der Waals surface area contributed by atoms with Crippen LogP contribution in [0.2, 0.25) is 0 Å². The Hall–Kier alpha value is -1.29. The predicted octanol–water partition coefficient (Wildman–Crippen LogP) is 2.14. The molecule has 0 atom stereocenters. The third kappa shape index (κ3) is 1.80. The normalized spacial score (nSPS) is 10.6. The van der Waals surface area contributed by atoms with E-state index >= 15 is 0 Å². The van der Waals surface area contributed by atoms with Crippen molar-refractivity contribution < 1.29 is 0 Å². The van der Waals surface area contributed by atoms with Crippen molar-refractivity contribution in [3.8, 4) is 0 Å². The molecule has 3 nitrogen and oxygen atoms in total. The van der Waals surface area contributed by atoms with Crippen LogP contribution >= 0.6 is 11.3 Å². The largest absolute Gasteiger partial charge is 0.369 e. The molecule has 2 N–H and O–H groups in total. The average Bonchev–Trinajstić information content (AvgIpc) is 2.77. The minimum atomic E-state index is 0.580. The number of hydrogen-bond acceptors (Lipinski definition) is 3. The van der Waals surface area contributed by atoms with Crippen LogP contribution in [0.15, 0.2) is 24.5 Å². The summed E-state index contributed by atoms with van der Waals surface area (Å²) in [6, 6.07) is 4.33. The minimum absolute atomic E-state index is 0.580. The van der Waals surface area contributed by atoms with Crippen LogP contribution in [0.1, 0.15) is 16.7 Å². The summed E-state index contributed by atoms with van der Waals surface area (Å²) < 4.78 is 1.95. The molecule has 0 unspecified atom stereocenters. The molecule has 0 aromatic carbocycles. The van der Waals surface area contributed by atoms with Gasteiger partial charge in [0.15, 0.2) is 5.95 Å². The lowest BCUT2D eigenvalue weighted by molar-refractivity contribution is 0.824. The van der Waals surface area contributed by atoms with Crippen molar-refractivity contribution in [1.29, 1.82) is 0 Å². The van der Waals surface area contributed by atoms with E-state index < -0.39 is 0 Å². The van der Waals surface area contributed by atoms with E-state index in [9.17, 15) is 0 Å². The molecule has 2 aromatic rings. The molecule has 2 aromatic heterocycles. The molecule has 0 fully saturated rings. The molecule has 0 aliphatic carbocycles. The molecule has 0 spiro atoms. The van der Waals surface area contributed by atoms with Gasteiger partial charge in [-0.3, -0.25) is 0 Å². The van der Waals surface area contributed by atoms with Crippen LogP contribution < -0.4 is 5.73 Å². The summed E-state index contributed by atoms with van der Waals surface area (Å²) in [4.78, 5) is 6.73. The first-order chi connectivity index (χ1) is 6.79. The van der Waals surface area contributed by atoms with Crippen LogP contribution in [-0.2, 0) is 13.0 Å². The number of aromatic nitrogens is 2. The Labute approximate surface area is 87.2 Å². The highest BCUT2D eigenvalue weighted by atomic mass is 32.1. The van der Waals surface area contributed by atoms with Crippen LogP contribution in [-0.4, -0.2) is 9.55 Å². The van der Waals surface area contributed by atoms with Crippen LogP contribution in [0.5, 0.6) is 0 Å². The molecular formula is C10H13N3S. The van der Waals surface area contributed by atoms with Crippen LogP contribution in [0.25, 0.3) is 0 Å². The lowest BCUT2D eigenvalue weighted by Gasteiger charge is -2.00. The van der Waals surface area contributed by atoms with Gasteiger partial charge in [-0.25, -0.2) is 4.98 Å². The average molecular weight is 207 g/mol. The fourth-order valence-electron chi connectivity index (χ4n) is 1.34. The van der Waals surface area contributed by atoms with Crippen molar-refractivity contribution in [2.45, 2.75) is 19.9 Å². The summed E-state index contributed by atoms with van der Waals surface area (Å²) in [5, 5.41) is 0. The molecular weight excluding hydrogens is 194 g/mol. The lowest BCUT2D eigenvalue weighted by Crippen LogP contribution is -2.01. The zero-order valence-corrected chi connectivity index (χ0v) is 8.92. The van der Waals surface area contributed by atoms with E-state index in [2.05, 4.69) is 24.0 Å². The quantitative estimate of drug-likeness (QED) is 0.838. The monoisotopic (exact) mass is 207 g/mol. The maximum absolute atomic E-state index is 5.68. The van der Waals surface area contributed by atoms with E-state index in [0.717, 1.165) is 13.0 Å². The standard InChI is InChI=1S/C10H13N3S/c1-2-8-3-4-9(14-8)7-13-6-5-12-10(13)11/h3-6H,2,7H2,1H3,(H2,11,12). The topological polar surface area (TPSA) is 43.8 Å². The van der Waals surface area contributed by atoms with Gasteiger partial charge in [-0.15, -0.1) is 11.3 Å². The Morgan fingerprint density at radius 3 is 2.79 bits per heavy atom.